The zero-order valence-corrected chi connectivity index (χ0v) is 18.1. The Kier molecular flexibility index (Phi) is 6.63. The molecular formula is C23H24ClFN4O2. The van der Waals surface area contributed by atoms with Crippen molar-refractivity contribution in [3.8, 4) is 11.4 Å². The summed E-state index contributed by atoms with van der Waals surface area (Å²) in [6.45, 7) is 2.72. The molecule has 1 aliphatic rings. The lowest BCUT2D eigenvalue weighted by molar-refractivity contribution is -0.136. The zero-order valence-electron chi connectivity index (χ0n) is 17.3. The van der Waals surface area contributed by atoms with Crippen LogP contribution >= 0.6 is 11.6 Å². The van der Waals surface area contributed by atoms with Gasteiger partial charge in [-0.25, -0.2) is 4.39 Å². The molecule has 0 spiro atoms. The molecule has 0 aliphatic carbocycles. The maximum Gasteiger partial charge on any atom is 0.246 e. The maximum atomic E-state index is 13.1. The van der Waals surface area contributed by atoms with Gasteiger partial charge in [0.05, 0.1) is 6.54 Å². The Bertz CT molecular complexity index is 1010. The largest absolute Gasteiger partial charge is 0.337 e. The minimum Gasteiger partial charge on any atom is -0.337 e. The molecule has 3 aromatic rings. The first-order valence-corrected chi connectivity index (χ1v) is 10.7. The molecule has 0 radical (unpaired) electrons. The van der Waals surface area contributed by atoms with Gasteiger partial charge < -0.3 is 9.42 Å². The molecular weight excluding hydrogens is 419 g/mol. The molecule has 0 saturated carbocycles. The molecule has 31 heavy (non-hydrogen) atoms. The highest BCUT2D eigenvalue weighted by Gasteiger charge is 2.28. The minimum absolute atomic E-state index is 0.0203. The molecule has 8 heteroatoms. The Hall–Kier alpha value is -2.77. The molecule has 1 saturated heterocycles. The van der Waals surface area contributed by atoms with Crippen molar-refractivity contribution < 1.29 is 13.7 Å². The van der Waals surface area contributed by atoms with Crippen molar-refractivity contribution in [3.05, 3.63) is 70.8 Å². The Morgan fingerprint density at radius 1 is 1.16 bits per heavy atom. The fourth-order valence-electron chi connectivity index (χ4n) is 3.81. The van der Waals surface area contributed by atoms with Gasteiger partial charge in [-0.3, -0.25) is 9.69 Å². The van der Waals surface area contributed by atoms with E-state index < -0.39 is 0 Å². The second-order valence-corrected chi connectivity index (χ2v) is 8.33. The topological polar surface area (TPSA) is 62.5 Å². The van der Waals surface area contributed by atoms with E-state index in [1.54, 1.807) is 24.1 Å². The van der Waals surface area contributed by atoms with Crippen molar-refractivity contribution in [2.24, 2.45) is 5.92 Å². The van der Waals surface area contributed by atoms with E-state index in [0.717, 1.165) is 43.6 Å². The lowest BCUT2D eigenvalue weighted by Crippen LogP contribution is -2.40. The SMILES string of the molecule is CN(Cc1nc(-c2ccc(Cl)cc2)no1)C(=O)C1CCN(Cc2ccc(F)cc2)CC1. The van der Waals surface area contributed by atoms with Crippen LogP contribution in [0.15, 0.2) is 53.1 Å². The second-order valence-electron chi connectivity index (χ2n) is 7.89. The fraction of sp³-hybridized carbons (Fsp3) is 0.348. The number of aromatic nitrogens is 2. The highest BCUT2D eigenvalue weighted by atomic mass is 35.5. The van der Waals surface area contributed by atoms with Crippen LogP contribution in [-0.4, -0.2) is 46.0 Å². The number of hydrogen-bond donors (Lipinski definition) is 0. The molecule has 1 fully saturated rings. The predicted molar refractivity (Wildman–Crippen MR) is 116 cm³/mol. The summed E-state index contributed by atoms with van der Waals surface area (Å²) < 4.78 is 18.4. The van der Waals surface area contributed by atoms with Gasteiger partial charge in [-0.15, -0.1) is 0 Å². The van der Waals surface area contributed by atoms with Gasteiger partial charge in [0.15, 0.2) is 0 Å². The van der Waals surface area contributed by atoms with Crippen LogP contribution < -0.4 is 0 Å². The van der Waals surface area contributed by atoms with E-state index in [0.29, 0.717) is 16.7 Å². The summed E-state index contributed by atoms with van der Waals surface area (Å²) in [5, 5.41) is 4.64. The van der Waals surface area contributed by atoms with Crippen LogP contribution in [0, 0.1) is 11.7 Å². The first-order valence-electron chi connectivity index (χ1n) is 10.3. The molecule has 1 amide bonds. The lowest BCUT2D eigenvalue weighted by Gasteiger charge is -2.33. The summed E-state index contributed by atoms with van der Waals surface area (Å²) in [4.78, 5) is 21.2. The number of halogens is 2. The number of nitrogens with zero attached hydrogens (tertiary/aromatic N) is 4. The number of piperidine rings is 1. The molecule has 0 N–H and O–H groups in total. The number of carbonyl (C=O) groups is 1. The van der Waals surface area contributed by atoms with E-state index in [2.05, 4.69) is 15.0 Å². The summed E-state index contributed by atoms with van der Waals surface area (Å²) >= 11 is 5.91. The van der Waals surface area contributed by atoms with Crippen LogP contribution in [0.1, 0.15) is 24.3 Å². The van der Waals surface area contributed by atoms with Crippen molar-refractivity contribution in [2.75, 3.05) is 20.1 Å². The van der Waals surface area contributed by atoms with Gasteiger partial charge in [-0.2, -0.15) is 4.98 Å². The van der Waals surface area contributed by atoms with Gasteiger partial charge in [0.2, 0.25) is 17.6 Å². The Morgan fingerprint density at radius 3 is 2.52 bits per heavy atom. The maximum absolute atomic E-state index is 13.1. The van der Waals surface area contributed by atoms with E-state index in [1.807, 2.05) is 24.3 Å². The van der Waals surface area contributed by atoms with Crippen LogP contribution in [0.4, 0.5) is 4.39 Å². The van der Waals surface area contributed by atoms with Crippen LogP contribution in [0.3, 0.4) is 0 Å². The van der Waals surface area contributed by atoms with Crippen molar-refractivity contribution in [2.45, 2.75) is 25.9 Å². The molecule has 1 aliphatic heterocycles. The molecule has 0 bridgehead atoms. The summed E-state index contributed by atoms with van der Waals surface area (Å²) in [6.07, 6.45) is 1.59. The normalized spacial score (nSPS) is 15.2. The van der Waals surface area contributed by atoms with Gasteiger partial charge in [0.25, 0.3) is 0 Å². The number of amides is 1. The third-order valence-corrected chi connectivity index (χ3v) is 5.83. The summed E-state index contributed by atoms with van der Waals surface area (Å²) in [7, 11) is 1.76. The molecule has 1 aromatic heterocycles. The Balaban J connectivity index is 1.28. The molecule has 0 atom stereocenters. The quantitative estimate of drug-likeness (QED) is 0.566. The first kappa shape index (κ1) is 21.5. The van der Waals surface area contributed by atoms with E-state index in [1.165, 1.54) is 12.1 Å². The van der Waals surface area contributed by atoms with Gasteiger partial charge >= 0.3 is 0 Å². The molecule has 2 aromatic carbocycles. The van der Waals surface area contributed by atoms with Gasteiger partial charge in [-0.05, 0) is 67.9 Å². The highest BCUT2D eigenvalue weighted by molar-refractivity contribution is 6.30. The van der Waals surface area contributed by atoms with Crippen LogP contribution in [0.2, 0.25) is 5.02 Å². The third kappa shape index (κ3) is 5.48. The van der Waals surface area contributed by atoms with Crippen LogP contribution in [-0.2, 0) is 17.9 Å². The summed E-state index contributed by atoms with van der Waals surface area (Å²) in [5.74, 6) is 0.717. The summed E-state index contributed by atoms with van der Waals surface area (Å²) in [5.41, 5.74) is 1.89. The lowest BCUT2D eigenvalue weighted by atomic mass is 9.95. The van der Waals surface area contributed by atoms with Crippen LogP contribution in [0.25, 0.3) is 11.4 Å². The monoisotopic (exact) mass is 442 g/mol. The molecule has 2 heterocycles. The molecule has 0 unspecified atom stereocenters. The standard InChI is InChI=1S/C23H24ClFN4O2/c1-28(15-21-26-22(27-31-21)17-4-6-19(24)7-5-17)23(30)18-10-12-29(13-11-18)14-16-2-8-20(25)9-3-16/h2-9,18H,10-15H2,1H3. The van der Waals surface area contributed by atoms with E-state index in [4.69, 9.17) is 16.1 Å². The summed E-state index contributed by atoms with van der Waals surface area (Å²) in [6, 6.07) is 13.8. The van der Waals surface area contributed by atoms with E-state index in [9.17, 15) is 9.18 Å². The van der Waals surface area contributed by atoms with E-state index in [-0.39, 0.29) is 24.2 Å². The van der Waals surface area contributed by atoms with E-state index >= 15 is 0 Å². The number of hydrogen-bond acceptors (Lipinski definition) is 5. The van der Waals surface area contributed by atoms with Gasteiger partial charge in [0, 0.05) is 30.1 Å². The van der Waals surface area contributed by atoms with Crippen molar-refractivity contribution in [1.29, 1.82) is 0 Å². The molecule has 4 rings (SSSR count). The minimum atomic E-state index is -0.224. The molecule has 6 nitrogen and oxygen atoms in total. The first-order chi connectivity index (χ1) is 15.0. The second kappa shape index (κ2) is 9.58. The van der Waals surface area contributed by atoms with Crippen molar-refractivity contribution >= 4 is 17.5 Å². The number of carbonyl (C=O) groups excluding carboxylic acids is 1. The molecule has 162 valence electrons. The average Bonchev–Trinajstić information content (AvgIpc) is 3.24. The van der Waals surface area contributed by atoms with Crippen molar-refractivity contribution in [1.82, 2.24) is 19.9 Å². The number of rotatable bonds is 6. The Labute approximate surface area is 185 Å². The fourth-order valence-corrected chi connectivity index (χ4v) is 3.94. The van der Waals surface area contributed by atoms with Gasteiger partial charge in [0.1, 0.15) is 5.82 Å². The highest BCUT2D eigenvalue weighted by Crippen LogP contribution is 2.23. The number of benzene rings is 2. The van der Waals surface area contributed by atoms with Crippen LogP contribution in [0.5, 0.6) is 0 Å². The predicted octanol–water partition coefficient (Wildman–Crippen LogP) is 4.40. The van der Waals surface area contributed by atoms with Gasteiger partial charge in [-0.1, -0.05) is 28.9 Å². The zero-order chi connectivity index (χ0) is 21.8. The van der Waals surface area contributed by atoms with Crippen molar-refractivity contribution in [3.63, 3.8) is 0 Å². The third-order valence-electron chi connectivity index (χ3n) is 5.58. The Morgan fingerprint density at radius 2 is 1.84 bits per heavy atom. The number of likely N-dealkylation sites (tertiary alicyclic amines) is 1. The average molecular weight is 443 g/mol. The smallest absolute Gasteiger partial charge is 0.246 e.